The van der Waals surface area contributed by atoms with Crippen LogP contribution in [0.5, 0.6) is 0 Å². The Hall–Kier alpha value is -3.32. The molecule has 1 heterocycles. The van der Waals surface area contributed by atoms with Gasteiger partial charge in [-0.1, -0.05) is 23.7 Å². The van der Waals surface area contributed by atoms with Gasteiger partial charge in [0.05, 0.1) is 18.2 Å². The second-order valence-corrected chi connectivity index (χ2v) is 10.1. The van der Waals surface area contributed by atoms with Gasteiger partial charge >= 0.3 is 18.4 Å². The van der Waals surface area contributed by atoms with Gasteiger partial charge in [0.25, 0.3) is 11.8 Å². The van der Waals surface area contributed by atoms with Gasteiger partial charge < -0.3 is 16.4 Å². The topological polar surface area (TPSA) is 106 Å². The minimum Gasteiger partial charge on any atom is -0.365 e. The molecule has 1 unspecified atom stereocenters. The number of nitrogens with zero attached hydrogens (tertiary/aromatic N) is 2. The molecule has 3 rings (SSSR count). The summed E-state index contributed by atoms with van der Waals surface area (Å²) in [7, 11) is 1.41. The molecular formula is C25H26ClF6N4O3+. The summed E-state index contributed by atoms with van der Waals surface area (Å²) in [6, 6.07) is 4.99. The number of carbonyl (C=O) groups is 3. The average Bonchev–Trinajstić information content (AvgIpc) is 2.83. The second-order valence-electron chi connectivity index (χ2n) is 9.69. The van der Waals surface area contributed by atoms with Crippen molar-refractivity contribution in [3.63, 3.8) is 0 Å². The van der Waals surface area contributed by atoms with E-state index in [1.54, 1.807) is 24.3 Å². The molecule has 3 atom stereocenters. The van der Waals surface area contributed by atoms with Gasteiger partial charge in [0.1, 0.15) is 6.04 Å². The number of benzene rings is 2. The number of rotatable bonds is 6. The van der Waals surface area contributed by atoms with E-state index in [4.69, 9.17) is 23.1 Å². The van der Waals surface area contributed by atoms with Crippen molar-refractivity contribution in [3.8, 4) is 0 Å². The number of nitrogens with two attached hydrogens (primary N) is 2. The first-order valence-electron chi connectivity index (χ1n) is 11.7. The van der Waals surface area contributed by atoms with Crippen LogP contribution >= 0.6 is 11.6 Å². The van der Waals surface area contributed by atoms with Crippen molar-refractivity contribution in [1.29, 1.82) is 0 Å². The van der Waals surface area contributed by atoms with Gasteiger partial charge in [0.2, 0.25) is 0 Å². The predicted octanol–water partition coefficient (Wildman–Crippen LogP) is 4.60. The molecule has 2 aromatic carbocycles. The molecule has 0 bridgehead atoms. The van der Waals surface area contributed by atoms with Crippen LogP contribution in [0.15, 0.2) is 42.5 Å². The third-order valence-electron chi connectivity index (χ3n) is 6.96. The van der Waals surface area contributed by atoms with Crippen molar-refractivity contribution < 1.29 is 45.2 Å². The van der Waals surface area contributed by atoms with E-state index in [2.05, 4.69) is 0 Å². The normalized spacial score (nSPS) is 19.8. The number of amides is 4. The fourth-order valence-corrected chi connectivity index (χ4v) is 4.98. The van der Waals surface area contributed by atoms with Crippen molar-refractivity contribution in [1.82, 2.24) is 4.90 Å². The molecule has 39 heavy (non-hydrogen) atoms. The molecule has 1 aliphatic heterocycles. The first-order valence-corrected chi connectivity index (χ1v) is 12.1. The van der Waals surface area contributed by atoms with Crippen LogP contribution in [0.2, 0.25) is 5.02 Å². The van der Waals surface area contributed by atoms with Gasteiger partial charge in [0, 0.05) is 36.0 Å². The van der Waals surface area contributed by atoms with E-state index < -0.39 is 70.0 Å². The zero-order chi connectivity index (χ0) is 29.3. The highest BCUT2D eigenvalue weighted by Gasteiger charge is 2.46. The largest absolute Gasteiger partial charge is 0.416 e. The average molecular weight is 580 g/mol. The number of quaternary nitrogens is 1. The predicted molar refractivity (Wildman–Crippen MR) is 129 cm³/mol. The number of hydrogen-bond acceptors (Lipinski definition) is 3. The molecular weight excluding hydrogens is 554 g/mol. The summed E-state index contributed by atoms with van der Waals surface area (Å²) < 4.78 is 79.9. The zero-order valence-electron chi connectivity index (χ0n) is 20.7. The number of primary amides is 2. The molecule has 4 amide bonds. The Bertz CT molecular complexity index is 1220. The van der Waals surface area contributed by atoms with Crippen molar-refractivity contribution in [2.24, 2.45) is 11.5 Å². The Morgan fingerprint density at radius 2 is 1.51 bits per heavy atom. The number of urea groups is 1. The van der Waals surface area contributed by atoms with Crippen molar-refractivity contribution in [2.45, 2.75) is 43.7 Å². The summed E-state index contributed by atoms with van der Waals surface area (Å²) in [6.07, 6.45) is -9.96. The molecule has 0 saturated carbocycles. The van der Waals surface area contributed by atoms with E-state index in [0.717, 1.165) is 0 Å². The summed E-state index contributed by atoms with van der Waals surface area (Å²) in [5, 5.41) is 0.427. The quantitative estimate of drug-likeness (QED) is 0.386. The molecule has 2 aromatic rings. The highest BCUT2D eigenvalue weighted by molar-refractivity contribution is 6.30. The van der Waals surface area contributed by atoms with E-state index >= 15 is 0 Å². The molecule has 14 heteroatoms. The first kappa shape index (κ1) is 30.2. The molecule has 1 fully saturated rings. The summed E-state index contributed by atoms with van der Waals surface area (Å²) >= 11 is 5.94. The monoisotopic (exact) mass is 579 g/mol. The van der Waals surface area contributed by atoms with Crippen LogP contribution in [0.4, 0.5) is 31.1 Å². The number of alkyl halides is 6. The second kappa shape index (κ2) is 11.0. The van der Waals surface area contributed by atoms with Crippen LogP contribution in [0.3, 0.4) is 0 Å². The SMILES string of the molecule is C[N+](CC(N)=O)(C(N)=O)[C@H]1CCN(C(=O)c2cc(C(F)(F)F)cc(C(F)(F)F)c2)[C@H](Cc2ccc(Cl)cc2)C1. The lowest BCUT2D eigenvalue weighted by atomic mass is 9.89. The van der Waals surface area contributed by atoms with Gasteiger partial charge in [-0.25, -0.2) is 9.28 Å². The lowest BCUT2D eigenvalue weighted by molar-refractivity contribution is -0.849. The highest BCUT2D eigenvalue weighted by atomic mass is 35.5. The van der Waals surface area contributed by atoms with Gasteiger partial charge in [-0.15, -0.1) is 0 Å². The van der Waals surface area contributed by atoms with Crippen molar-refractivity contribution in [3.05, 3.63) is 69.7 Å². The Labute approximate surface area is 224 Å². The molecule has 4 N–H and O–H groups in total. The Balaban J connectivity index is 2.04. The molecule has 212 valence electrons. The number of hydrogen-bond donors (Lipinski definition) is 2. The molecule has 0 aliphatic carbocycles. The van der Waals surface area contributed by atoms with Gasteiger partial charge in [-0.2, -0.15) is 26.3 Å². The van der Waals surface area contributed by atoms with E-state index in [9.17, 15) is 40.7 Å². The number of likely N-dealkylation sites (N-methyl/N-ethyl adjacent to an activating group) is 1. The van der Waals surface area contributed by atoms with Crippen molar-refractivity contribution in [2.75, 3.05) is 20.1 Å². The first-order chi connectivity index (χ1) is 17.9. The molecule has 0 aromatic heterocycles. The molecule has 1 aliphatic rings. The summed E-state index contributed by atoms with van der Waals surface area (Å²) in [5.74, 6) is -1.83. The maximum absolute atomic E-state index is 13.5. The number of halogens is 7. The lowest BCUT2D eigenvalue weighted by Gasteiger charge is -2.45. The molecule has 0 radical (unpaired) electrons. The fraction of sp³-hybridized carbons (Fsp3) is 0.400. The van der Waals surface area contributed by atoms with E-state index in [1.807, 2.05) is 0 Å². The van der Waals surface area contributed by atoms with E-state index in [1.165, 1.54) is 11.9 Å². The fourth-order valence-electron chi connectivity index (χ4n) is 4.86. The van der Waals surface area contributed by atoms with Gasteiger partial charge in [-0.3, -0.25) is 9.59 Å². The van der Waals surface area contributed by atoms with Crippen LogP contribution in [0, 0.1) is 0 Å². The minimum absolute atomic E-state index is 0.0478. The summed E-state index contributed by atoms with van der Waals surface area (Å²) in [5.41, 5.74) is 7.59. The summed E-state index contributed by atoms with van der Waals surface area (Å²) in [6.45, 7) is -0.552. The molecule has 7 nitrogen and oxygen atoms in total. The molecule has 0 spiro atoms. The number of carbonyl (C=O) groups excluding carboxylic acids is 3. The minimum atomic E-state index is -5.12. The van der Waals surface area contributed by atoms with Crippen LogP contribution < -0.4 is 11.5 Å². The van der Waals surface area contributed by atoms with Gasteiger partial charge in [0.15, 0.2) is 6.54 Å². The van der Waals surface area contributed by atoms with E-state index in [0.29, 0.717) is 22.7 Å². The number of likely N-dealkylation sites (tertiary alicyclic amines) is 1. The lowest BCUT2D eigenvalue weighted by Crippen LogP contribution is -2.65. The van der Waals surface area contributed by atoms with E-state index in [-0.39, 0.29) is 31.9 Å². The van der Waals surface area contributed by atoms with Crippen LogP contribution in [0.25, 0.3) is 0 Å². The third kappa shape index (κ3) is 7.01. The smallest absolute Gasteiger partial charge is 0.365 e. The maximum atomic E-state index is 13.5. The van der Waals surface area contributed by atoms with Gasteiger partial charge in [-0.05, 0) is 42.3 Å². The third-order valence-corrected chi connectivity index (χ3v) is 7.21. The zero-order valence-corrected chi connectivity index (χ0v) is 21.4. The molecule has 1 saturated heterocycles. The Morgan fingerprint density at radius 1 is 0.974 bits per heavy atom. The van der Waals surface area contributed by atoms with Crippen LogP contribution in [-0.4, -0.2) is 59.4 Å². The number of piperidine rings is 1. The Morgan fingerprint density at radius 3 is 1.97 bits per heavy atom. The van der Waals surface area contributed by atoms with Crippen LogP contribution in [-0.2, 0) is 23.6 Å². The van der Waals surface area contributed by atoms with Crippen LogP contribution in [0.1, 0.15) is 39.9 Å². The van der Waals surface area contributed by atoms with Crippen molar-refractivity contribution >= 4 is 29.4 Å². The highest BCUT2D eigenvalue weighted by Crippen LogP contribution is 2.37. The maximum Gasteiger partial charge on any atom is 0.416 e. The Kier molecular flexibility index (Phi) is 8.56. The summed E-state index contributed by atoms with van der Waals surface area (Å²) in [4.78, 5) is 38.7. The standard InChI is InChI=1S/C25H25ClF6N4O3/c1-36(23(34)39,13-21(33)37)20-6-7-35(19(12-20)8-14-2-4-18(26)5-3-14)22(38)15-9-16(24(27,28)29)11-17(10-15)25(30,31)32/h2-5,9-11,19-20H,6-8,12-13H2,1H3,(H3-,33,34,37,39)/p+1/t19-,20+,36?/m1/s1.